The van der Waals surface area contributed by atoms with Crippen molar-refractivity contribution >= 4 is 45.1 Å². The fourth-order valence-corrected chi connectivity index (χ4v) is 7.61. The van der Waals surface area contributed by atoms with Gasteiger partial charge in [0.15, 0.2) is 0 Å². The molecule has 0 heterocycles. The molecule has 2 aromatic rings. The maximum Gasteiger partial charge on any atom is 0.118 e. The Morgan fingerprint density at radius 1 is 0.562 bits per heavy atom. The molecule has 178 valence electrons. The topological polar surface area (TPSA) is 40.5 Å². The summed E-state index contributed by atoms with van der Waals surface area (Å²) < 4.78 is 0. The number of hydrogen-bond acceptors (Lipinski definition) is 6. The van der Waals surface area contributed by atoms with E-state index in [1.165, 1.54) is 71.3 Å². The summed E-state index contributed by atoms with van der Waals surface area (Å²) in [6, 6.07) is 11.9. The van der Waals surface area contributed by atoms with E-state index < -0.39 is 0 Å². The van der Waals surface area contributed by atoms with Crippen LogP contribution in [0.2, 0.25) is 0 Å². The number of aromatic hydroxyl groups is 2. The molecule has 0 bridgehead atoms. The van der Waals surface area contributed by atoms with E-state index in [9.17, 15) is 10.2 Å². The standard InChI is InChI=1S/C26H38O2S4/c1-21-19-23(9-11-25(21)27)7-3-13-29-15-5-17-31-32-18-6-16-30-14-4-8-24-10-12-26(28)22(2)20-24/h9-12,19-20,27-28H,3-8,13-18H2,1-2H3. The van der Waals surface area contributed by atoms with E-state index >= 15 is 0 Å². The Labute approximate surface area is 211 Å². The molecule has 0 amide bonds. The molecule has 6 heteroatoms. The maximum absolute atomic E-state index is 9.58. The second-order valence-corrected chi connectivity index (χ2v) is 13.2. The van der Waals surface area contributed by atoms with E-state index in [4.69, 9.17) is 0 Å². The molecule has 0 aliphatic rings. The summed E-state index contributed by atoms with van der Waals surface area (Å²) in [5.74, 6) is 8.28. The van der Waals surface area contributed by atoms with Gasteiger partial charge in [-0.3, -0.25) is 0 Å². The van der Waals surface area contributed by atoms with Gasteiger partial charge in [0.25, 0.3) is 0 Å². The highest BCUT2D eigenvalue weighted by molar-refractivity contribution is 8.76. The summed E-state index contributed by atoms with van der Waals surface area (Å²) in [6.07, 6.45) is 7.23. The molecule has 2 aromatic carbocycles. The van der Waals surface area contributed by atoms with E-state index in [1.54, 1.807) is 0 Å². The predicted molar refractivity (Wildman–Crippen MR) is 151 cm³/mol. The van der Waals surface area contributed by atoms with Crippen molar-refractivity contribution in [2.24, 2.45) is 0 Å². The number of rotatable bonds is 17. The predicted octanol–water partition coefficient (Wildman–Crippen LogP) is 7.91. The van der Waals surface area contributed by atoms with Gasteiger partial charge in [-0.15, -0.1) is 0 Å². The van der Waals surface area contributed by atoms with Gasteiger partial charge in [-0.2, -0.15) is 23.5 Å². The molecule has 0 radical (unpaired) electrons. The average Bonchev–Trinajstić information content (AvgIpc) is 2.78. The first-order chi connectivity index (χ1) is 15.6. The lowest BCUT2D eigenvalue weighted by molar-refractivity contribution is 0.470. The highest BCUT2D eigenvalue weighted by atomic mass is 33.1. The van der Waals surface area contributed by atoms with Crippen LogP contribution in [-0.2, 0) is 12.8 Å². The third-order valence-electron chi connectivity index (χ3n) is 5.15. The maximum atomic E-state index is 9.58. The van der Waals surface area contributed by atoms with Crippen LogP contribution in [0, 0.1) is 13.8 Å². The molecular formula is C26H38O2S4. The quantitative estimate of drug-likeness (QED) is 0.166. The molecule has 0 aromatic heterocycles. The first-order valence-electron chi connectivity index (χ1n) is 11.5. The summed E-state index contributed by atoms with van der Waals surface area (Å²) in [6.45, 7) is 3.92. The van der Waals surface area contributed by atoms with Gasteiger partial charge in [0.2, 0.25) is 0 Å². The van der Waals surface area contributed by atoms with Crippen LogP contribution in [0.15, 0.2) is 36.4 Å². The fraction of sp³-hybridized carbons (Fsp3) is 0.538. The van der Waals surface area contributed by atoms with Crippen molar-refractivity contribution in [2.75, 3.05) is 34.5 Å². The first-order valence-corrected chi connectivity index (χ1v) is 16.3. The highest BCUT2D eigenvalue weighted by Gasteiger charge is 2.00. The van der Waals surface area contributed by atoms with Crippen LogP contribution < -0.4 is 0 Å². The molecule has 32 heavy (non-hydrogen) atoms. The number of hydrogen-bond donors (Lipinski definition) is 2. The van der Waals surface area contributed by atoms with Gasteiger partial charge in [0, 0.05) is 11.5 Å². The van der Waals surface area contributed by atoms with E-state index in [0.29, 0.717) is 11.5 Å². The van der Waals surface area contributed by atoms with E-state index in [0.717, 1.165) is 24.0 Å². The summed E-state index contributed by atoms with van der Waals surface area (Å²) in [4.78, 5) is 0. The molecule has 0 fully saturated rings. The zero-order valence-corrected chi connectivity index (χ0v) is 22.7. The third kappa shape index (κ3) is 12.1. The van der Waals surface area contributed by atoms with Crippen molar-refractivity contribution in [1.29, 1.82) is 0 Å². The van der Waals surface area contributed by atoms with Gasteiger partial charge in [0.05, 0.1) is 0 Å². The van der Waals surface area contributed by atoms with Crippen molar-refractivity contribution in [2.45, 2.75) is 52.4 Å². The van der Waals surface area contributed by atoms with Crippen LogP contribution in [0.5, 0.6) is 11.5 Å². The lowest BCUT2D eigenvalue weighted by Gasteiger charge is -2.05. The van der Waals surface area contributed by atoms with Crippen molar-refractivity contribution in [3.63, 3.8) is 0 Å². The molecule has 0 saturated heterocycles. The number of aryl methyl sites for hydroxylation is 4. The van der Waals surface area contributed by atoms with Crippen LogP contribution in [0.4, 0.5) is 0 Å². The smallest absolute Gasteiger partial charge is 0.118 e. The minimum Gasteiger partial charge on any atom is -0.508 e. The van der Waals surface area contributed by atoms with Gasteiger partial charge in [-0.25, -0.2) is 0 Å². The van der Waals surface area contributed by atoms with Gasteiger partial charge in [0.1, 0.15) is 11.5 Å². The largest absolute Gasteiger partial charge is 0.508 e. The molecule has 0 atom stereocenters. The molecule has 0 aliphatic carbocycles. The highest BCUT2D eigenvalue weighted by Crippen LogP contribution is 2.25. The Kier molecular flexibility index (Phi) is 14.7. The van der Waals surface area contributed by atoms with Gasteiger partial charge in [-0.05, 0) is 110 Å². The molecule has 0 spiro atoms. The molecule has 0 aliphatic heterocycles. The van der Waals surface area contributed by atoms with E-state index in [-0.39, 0.29) is 0 Å². The Hall–Kier alpha value is -0.560. The first kappa shape index (κ1) is 27.7. The van der Waals surface area contributed by atoms with Crippen molar-refractivity contribution in [3.05, 3.63) is 58.7 Å². The van der Waals surface area contributed by atoms with Crippen molar-refractivity contribution < 1.29 is 10.2 Å². The molecule has 2 nitrogen and oxygen atoms in total. The van der Waals surface area contributed by atoms with E-state index in [2.05, 4.69) is 35.7 Å². The summed E-state index contributed by atoms with van der Waals surface area (Å²) in [7, 11) is 4.07. The summed E-state index contributed by atoms with van der Waals surface area (Å²) in [5, 5.41) is 19.2. The minimum atomic E-state index is 0.397. The SMILES string of the molecule is Cc1cc(CCCSCCCSSCCCSCCCc2ccc(O)c(C)c2)ccc1O. The molecule has 2 N–H and O–H groups in total. The number of phenols is 2. The van der Waals surface area contributed by atoms with Crippen molar-refractivity contribution in [3.8, 4) is 11.5 Å². The molecule has 0 saturated carbocycles. The fourth-order valence-electron chi connectivity index (χ4n) is 3.26. The van der Waals surface area contributed by atoms with Gasteiger partial charge in [-0.1, -0.05) is 45.9 Å². The lowest BCUT2D eigenvalue weighted by Crippen LogP contribution is -1.91. The number of phenolic OH excluding ortho intramolecular Hbond substituents is 2. The van der Waals surface area contributed by atoms with Crippen LogP contribution in [0.1, 0.15) is 47.9 Å². The Bertz CT molecular complexity index is 717. The monoisotopic (exact) mass is 510 g/mol. The lowest BCUT2D eigenvalue weighted by atomic mass is 10.1. The van der Waals surface area contributed by atoms with E-state index in [1.807, 2.05) is 59.7 Å². The van der Waals surface area contributed by atoms with Crippen LogP contribution >= 0.6 is 45.1 Å². The number of benzene rings is 2. The second kappa shape index (κ2) is 17.0. The van der Waals surface area contributed by atoms with Gasteiger partial charge >= 0.3 is 0 Å². The Balaban J connectivity index is 1.31. The second-order valence-electron chi connectivity index (χ2n) is 8.02. The average molecular weight is 511 g/mol. The summed E-state index contributed by atoms with van der Waals surface area (Å²) >= 11 is 4.14. The van der Waals surface area contributed by atoms with Crippen LogP contribution in [-0.4, -0.2) is 44.7 Å². The zero-order chi connectivity index (χ0) is 23.0. The molecule has 2 rings (SSSR count). The third-order valence-corrected chi connectivity index (χ3v) is 10.0. The van der Waals surface area contributed by atoms with Crippen LogP contribution in [0.25, 0.3) is 0 Å². The van der Waals surface area contributed by atoms with Gasteiger partial charge < -0.3 is 10.2 Å². The van der Waals surface area contributed by atoms with Crippen LogP contribution in [0.3, 0.4) is 0 Å². The molecule has 0 unspecified atom stereocenters. The Morgan fingerprint density at radius 2 is 0.969 bits per heavy atom. The zero-order valence-electron chi connectivity index (χ0n) is 19.5. The summed E-state index contributed by atoms with van der Waals surface area (Å²) in [5.41, 5.74) is 4.62. The Morgan fingerprint density at radius 3 is 1.38 bits per heavy atom. The minimum absolute atomic E-state index is 0.397. The number of thioether (sulfide) groups is 2. The molecular weight excluding hydrogens is 473 g/mol. The van der Waals surface area contributed by atoms with Crippen molar-refractivity contribution in [1.82, 2.24) is 0 Å². The normalized spacial score (nSPS) is 11.2.